The highest BCUT2D eigenvalue weighted by Crippen LogP contribution is 2.01. The number of carbonyl (C=O) groups excluding carboxylic acids is 1. The van der Waals surface area contributed by atoms with E-state index in [4.69, 9.17) is 4.74 Å². The van der Waals surface area contributed by atoms with Crippen LogP contribution in [-0.2, 0) is 9.53 Å². The van der Waals surface area contributed by atoms with Crippen molar-refractivity contribution in [2.24, 2.45) is 5.29 Å². The van der Waals surface area contributed by atoms with Gasteiger partial charge >= 0.3 is 5.97 Å². The van der Waals surface area contributed by atoms with Crippen molar-refractivity contribution in [1.82, 2.24) is 5.01 Å². The summed E-state index contributed by atoms with van der Waals surface area (Å²) in [6.07, 6.45) is 0.861. The summed E-state index contributed by atoms with van der Waals surface area (Å²) in [6, 6.07) is 0. The Hall–Kier alpha value is -1.39. The fourth-order valence-corrected chi connectivity index (χ4v) is 0.681. The molecule has 0 spiro atoms. The fourth-order valence-electron chi connectivity index (χ4n) is 0.681. The largest absolute Gasteiger partial charge is 0.440 e. The van der Waals surface area contributed by atoms with Gasteiger partial charge in [-0.05, 0) is 6.92 Å². The molecule has 0 aliphatic rings. The number of rotatable bonds is 5. The second-order valence-electron chi connectivity index (χ2n) is 2.20. The second kappa shape index (κ2) is 5.29. The van der Waals surface area contributed by atoms with Crippen LogP contribution in [0.3, 0.4) is 0 Å². The maximum absolute atomic E-state index is 10.5. The highest BCUT2D eigenvalue weighted by atomic mass is 16.6. The fraction of sp³-hybridized carbons (Fsp3) is 0.571. The first kappa shape index (κ1) is 10.6. The van der Waals surface area contributed by atoms with Crippen molar-refractivity contribution in [3.05, 3.63) is 17.6 Å². The molecule has 0 amide bonds. The van der Waals surface area contributed by atoms with Crippen molar-refractivity contribution >= 4 is 5.97 Å². The van der Waals surface area contributed by atoms with Crippen LogP contribution in [0, 0.1) is 4.91 Å². The molecule has 1 unspecified atom stereocenters. The molecular weight excluding hydrogens is 160 g/mol. The van der Waals surface area contributed by atoms with E-state index in [9.17, 15) is 9.70 Å². The van der Waals surface area contributed by atoms with Crippen LogP contribution < -0.4 is 0 Å². The minimum atomic E-state index is -0.641. The number of esters is 1. The summed E-state index contributed by atoms with van der Waals surface area (Å²) in [5.41, 5.74) is 0. The molecule has 0 heterocycles. The number of hydrogen-bond donors (Lipinski definition) is 0. The summed E-state index contributed by atoms with van der Waals surface area (Å²) in [5, 5.41) is 3.74. The highest BCUT2D eigenvalue weighted by Gasteiger charge is 2.13. The number of ether oxygens (including phenoxy) is 1. The zero-order valence-electron chi connectivity index (χ0n) is 7.19. The summed E-state index contributed by atoms with van der Waals surface area (Å²) < 4.78 is 4.70. The van der Waals surface area contributed by atoms with Gasteiger partial charge in [-0.3, -0.25) is 4.79 Å². The average molecular weight is 172 g/mol. The summed E-state index contributed by atoms with van der Waals surface area (Å²) in [6.45, 7) is 6.52. The van der Waals surface area contributed by atoms with Crippen LogP contribution in [-0.4, -0.2) is 23.8 Å². The van der Waals surface area contributed by atoms with E-state index in [2.05, 4.69) is 11.9 Å². The van der Waals surface area contributed by atoms with Crippen molar-refractivity contribution in [2.45, 2.75) is 20.1 Å². The molecule has 0 saturated heterocycles. The van der Waals surface area contributed by atoms with Crippen LogP contribution in [0.1, 0.15) is 13.8 Å². The quantitative estimate of drug-likeness (QED) is 0.204. The molecule has 12 heavy (non-hydrogen) atoms. The van der Waals surface area contributed by atoms with Gasteiger partial charge in [0.2, 0.25) is 0 Å². The van der Waals surface area contributed by atoms with E-state index >= 15 is 0 Å². The third-order valence-corrected chi connectivity index (χ3v) is 1.18. The Balaban J connectivity index is 4.00. The highest BCUT2D eigenvalue weighted by molar-refractivity contribution is 5.66. The molecule has 5 nitrogen and oxygen atoms in total. The van der Waals surface area contributed by atoms with Crippen molar-refractivity contribution < 1.29 is 9.53 Å². The van der Waals surface area contributed by atoms with E-state index in [1.807, 2.05) is 0 Å². The first-order valence-electron chi connectivity index (χ1n) is 3.49. The lowest BCUT2D eigenvalue weighted by atomic mass is 10.5. The molecule has 0 saturated carbocycles. The topological polar surface area (TPSA) is 59.0 Å². The third kappa shape index (κ3) is 3.70. The molecule has 0 aliphatic carbocycles. The van der Waals surface area contributed by atoms with E-state index in [1.165, 1.54) is 13.0 Å². The van der Waals surface area contributed by atoms with Crippen LogP contribution in [0.5, 0.6) is 0 Å². The van der Waals surface area contributed by atoms with Crippen molar-refractivity contribution in [3.63, 3.8) is 0 Å². The van der Waals surface area contributed by atoms with Gasteiger partial charge in [0.25, 0.3) is 0 Å². The molecular formula is C7H12N2O3. The van der Waals surface area contributed by atoms with Crippen LogP contribution >= 0.6 is 0 Å². The van der Waals surface area contributed by atoms with Gasteiger partial charge in [-0.2, -0.15) is 0 Å². The van der Waals surface area contributed by atoms with Crippen LogP contribution in [0.4, 0.5) is 0 Å². The molecule has 0 fully saturated rings. The van der Waals surface area contributed by atoms with Gasteiger partial charge in [0.1, 0.15) is 0 Å². The summed E-state index contributed by atoms with van der Waals surface area (Å²) in [7, 11) is 0. The Kier molecular flexibility index (Phi) is 4.67. The Morgan fingerprint density at radius 3 is 2.75 bits per heavy atom. The van der Waals surface area contributed by atoms with Gasteiger partial charge in [0.05, 0.1) is 11.8 Å². The molecule has 0 N–H and O–H groups in total. The first-order valence-corrected chi connectivity index (χ1v) is 3.49. The Labute approximate surface area is 70.9 Å². The molecule has 5 heteroatoms. The zero-order chi connectivity index (χ0) is 9.56. The lowest BCUT2D eigenvalue weighted by molar-refractivity contribution is -0.154. The van der Waals surface area contributed by atoms with Gasteiger partial charge in [-0.1, -0.05) is 6.08 Å². The van der Waals surface area contributed by atoms with E-state index in [-0.39, 0.29) is 6.54 Å². The average Bonchev–Trinajstić information content (AvgIpc) is 1.98. The van der Waals surface area contributed by atoms with Crippen LogP contribution in [0.15, 0.2) is 17.9 Å². The van der Waals surface area contributed by atoms with Gasteiger partial charge in [0.15, 0.2) is 6.23 Å². The molecule has 68 valence electrons. The maximum Gasteiger partial charge on any atom is 0.304 e. The Bertz CT molecular complexity index is 181. The van der Waals surface area contributed by atoms with Gasteiger partial charge in [-0.25, -0.2) is 5.01 Å². The summed E-state index contributed by atoms with van der Waals surface area (Å²) in [4.78, 5) is 20.6. The zero-order valence-corrected chi connectivity index (χ0v) is 7.19. The predicted molar refractivity (Wildman–Crippen MR) is 43.9 cm³/mol. The van der Waals surface area contributed by atoms with Crippen molar-refractivity contribution in [3.8, 4) is 0 Å². The molecule has 0 aromatic heterocycles. The molecule has 0 radical (unpaired) electrons. The maximum atomic E-state index is 10.5. The minimum absolute atomic E-state index is 0.262. The van der Waals surface area contributed by atoms with Crippen molar-refractivity contribution in [2.75, 3.05) is 6.54 Å². The van der Waals surface area contributed by atoms with E-state index < -0.39 is 12.2 Å². The SMILES string of the molecule is C=CCN(N=O)C(C)OC(C)=O. The van der Waals surface area contributed by atoms with E-state index in [1.54, 1.807) is 6.92 Å². The summed E-state index contributed by atoms with van der Waals surface area (Å²) >= 11 is 0. The summed E-state index contributed by atoms with van der Waals surface area (Å²) in [5.74, 6) is -0.444. The second-order valence-corrected chi connectivity index (χ2v) is 2.20. The molecule has 0 aliphatic heterocycles. The molecule has 0 aromatic carbocycles. The Morgan fingerprint density at radius 2 is 2.42 bits per heavy atom. The van der Waals surface area contributed by atoms with Gasteiger partial charge in [0, 0.05) is 6.92 Å². The third-order valence-electron chi connectivity index (χ3n) is 1.18. The smallest absolute Gasteiger partial charge is 0.304 e. The van der Waals surface area contributed by atoms with Crippen LogP contribution in [0.25, 0.3) is 0 Å². The monoisotopic (exact) mass is 172 g/mol. The molecule has 0 bridgehead atoms. The number of carbonyl (C=O) groups is 1. The molecule has 0 rings (SSSR count). The van der Waals surface area contributed by atoms with Gasteiger partial charge in [-0.15, -0.1) is 11.5 Å². The Morgan fingerprint density at radius 1 is 1.83 bits per heavy atom. The predicted octanol–water partition coefficient (Wildman–Crippen LogP) is 1.06. The van der Waals surface area contributed by atoms with E-state index in [0.717, 1.165) is 5.01 Å². The van der Waals surface area contributed by atoms with Crippen molar-refractivity contribution in [1.29, 1.82) is 0 Å². The minimum Gasteiger partial charge on any atom is -0.440 e. The lowest BCUT2D eigenvalue weighted by Crippen LogP contribution is -2.31. The molecule has 1 atom stereocenters. The molecule has 0 aromatic rings. The standard InChI is InChI=1S/C7H12N2O3/c1-4-5-9(8-11)6(2)12-7(3)10/h4,6H,1,5H2,2-3H3. The lowest BCUT2D eigenvalue weighted by Gasteiger charge is -2.20. The normalized spacial score (nSPS) is 11.5. The van der Waals surface area contributed by atoms with E-state index in [0.29, 0.717) is 0 Å². The van der Waals surface area contributed by atoms with Crippen LogP contribution in [0.2, 0.25) is 0 Å². The number of nitroso groups, excluding NO2 is 1. The first-order chi connectivity index (χ1) is 5.61. The van der Waals surface area contributed by atoms with Gasteiger partial charge < -0.3 is 4.74 Å². The number of hydrogen-bond acceptors (Lipinski definition) is 4. The number of nitrogens with zero attached hydrogens (tertiary/aromatic N) is 2.